The van der Waals surface area contributed by atoms with Crippen LogP contribution in [0, 0.1) is 0 Å². The van der Waals surface area contributed by atoms with Crippen LogP contribution < -0.4 is 14.4 Å². The quantitative estimate of drug-likeness (QED) is 0.523. The van der Waals surface area contributed by atoms with Crippen molar-refractivity contribution in [1.82, 2.24) is 4.98 Å². The number of carbonyl (C=O) groups is 1. The molecule has 1 N–H and O–H groups in total. The van der Waals surface area contributed by atoms with E-state index in [0.717, 1.165) is 5.56 Å². The van der Waals surface area contributed by atoms with Crippen LogP contribution in [0.1, 0.15) is 12.0 Å². The molecule has 0 saturated carbocycles. The summed E-state index contributed by atoms with van der Waals surface area (Å²) in [4.78, 5) is 16.3. The van der Waals surface area contributed by atoms with Crippen molar-refractivity contribution in [2.45, 2.75) is 6.42 Å². The van der Waals surface area contributed by atoms with Gasteiger partial charge >= 0.3 is 0 Å². The normalized spacial score (nSPS) is 15.6. The third-order valence-corrected chi connectivity index (χ3v) is 6.13. The van der Waals surface area contributed by atoms with Gasteiger partial charge in [0, 0.05) is 25.9 Å². The van der Waals surface area contributed by atoms with Gasteiger partial charge in [0.15, 0.2) is 0 Å². The number of pyridine rings is 1. The zero-order valence-electron chi connectivity index (χ0n) is 16.1. The predicted molar refractivity (Wildman–Crippen MR) is 111 cm³/mol. The Kier molecular flexibility index (Phi) is 6.84. The van der Waals surface area contributed by atoms with Gasteiger partial charge in [-0.15, -0.1) is 0 Å². The molecule has 1 aliphatic rings. The van der Waals surface area contributed by atoms with Crippen molar-refractivity contribution in [3.63, 3.8) is 0 Å². The fourth-order valence-corrected chi connectivity index (χ4v) is 4.41. The number of hydrogen-bond donors (Lipinski definition) is 1. The number of anilines is 2. The van der Waals surface area contributed by atoms with Gasteiger partial charge < -0.3 is 14.8 Å². The first-order valence-electron chi connectivity index (χ1n) is 9.16. The summed E-state index contributed by atoms with van der Waals surface area (Å²) < 4.78 is 35.8. The van der Waals surface area contributed by atoms with E-state index in [1.807, 2.05) is 0 Å². The second-order valence-corrected chi connectivity index (χ2v) is 8.37. The lowest BCUT2D eigenvalue weighted by Gasteiger charge is -2.16. The van der Waals surface area contributed by atoms with Crippen molar-refractivity contribution in [3.8, 4) is 5.88 Å². The highest BCUT2D eigenvalue weighted by atomic mass is 32.2. The number of sulfonamides is 1. The third-order valence-electron chi connectivity index (χ3n) is 4.26. The number of amides is 1. The fourth-order valence-electron chi connectivity index (χ4n) is 2.85. The van der Waals surface area contributed by atoms with E-state index in [2.05, 4.69) is 10.3 Å². The van der Waals surface area contributed by atoms with Crippen LogP contribution in [0.25, 0.3) is 6.08 Å². The summed E-state index contributed by atoms with van der Waals surface area (Å²) in [5, 5.41) is 2.73. The predicted octanol–water partition coefficient (Wildman–Crippen LogP) is 2.30. The van der Waals surface area contributed by atoms with Crippen molar-refractivity contribution in [2.75, 3.05) is 42.2 Å². The van der Waals surface area contributed by atoms with Crippen LogP contribution in [0.4, 0.5) is 11.4 Å². The zero-order valence-corrected chi connectivity index (χ0v) is 16.9. The molecule has 0 aliphatic carbocycles. The van der Waals surface area contributed by atoms with Gasteiger partial charge in [0.05, 0.1) is 18.0 Å². The largest absolute Gasteiger partial charge is 0.474 e. The second kappa shape index (κ2) is 9.53. The summed E-state index contributed by atoms with van der Waals surface area (Å²) >= 11 is 0. The van der Waals surface area contributed by atoms with Gasteiger partial charge in [-0.05, 0) is 42.3 Å². The van der Waals surface area contributed by atoms with Gasteiger partial charge in [0.2, 0.25) is 21.8 Å². The molecule has 0 spiro atoms. The molecule has 2 heterocycles. The van der Waals surface area contributed by atoms with E-state index in [1.54, 1.807) is 55.8 Å². The number of benzene rings is 1. The third kappa shape index (κ3) is 5.55. The minimum atomic E-state index is -3.20. The number of nitrogens with one attached hydrogen (secondary N) is 1. The Bertz CT molecular complexity index is 974. The molecular formula is C20H23N3O5S. The van der Waals surface area contributed by atoms with E-state index in [0.29, 0.717) is 43.4 Å². The second-order valence-electron chi connectivity index (χ2n) is 6.35. The van der Waals surface area contributed by atoms with Crippen molar-refractivity contribution in [1.29, 1.82) is 0 Å². The first kappa shape index (κ1) is 20.8. The summed E-state index contributed by atoms with van der Waals surface area (Å²) in [5.41, 5.74) is 1.88. The van der Waals surface area contributed by atoms with Gasteiger partial charge in [0.25, 0.3) is 0 Å². The molecule has 0 radical (unpaired) electrons. The van der Waals surface area contributed by atoms with Crippen molar-refractivity contribution in [2.24, 2.45) is 0 Å². The van der Waals surface area contributed by atoms with E-state index >= 15 is 0 Å². The van der Waals surface area contributed by atoms with Gasteiger partial charge in [0.1, 0.15) is 12.3 Å². The van der Waals surface area contributed by atoms with E-state index in [9.17, 15) is 13.2 Å². The number of rotatable bonds is 8. The molecule has 8 nitrogen and oxygen atoms in total. The van der Waals surface area contributed by atoms with Crippen molar-refractivity contribution >= 4 is 33.4 Å². The molecule has 1 amide bonds. The SMILES string of the molecule is COCCOc1ncccc1NC(=O)/C=C/c1ccc(N2CCCS2(=O)=O)cc1. The molecule has 0 unspecified atom stereocenters. The smallest absolute Gasteiger partial charge is 0.248 e. The minimum Gasteiger partial charge on any atom is -0.474 e. The zero-order chi connectivity index (χ0) is 20.7. The summed E-state index contributed by atoms with van der Waals surface area (Å²) in [7, 11) is -1.63. The number of hydrogen-bond acceptors (Lipinski definition) is 6. The van der Waals surface area contributed by atoms with Crippen LogP contribution in [0.5, 0.6) is 5.88 Å². The Balaban J connectivity index is 1.61. The Labute approximate surface area is 170 Å². The number of ether oxygens (including phenoxy) is 2. The maximum atomic E-state index is 12.2. The number of nitrogens with zero attached hydrogens (tertiary/aromatic N) is 2. The van der Waals surface area contributed by atoms with E-state index in [4.69, 9.17) is 9.47 Å². The lowest BCUT2D eigenvalue weighted by atomic mass is 10.2. The average molecular weight is 417 g/mol. The fraction of sp³-hybridized carbons (Fsp3) is 0.300. The molecular weight excluding hydrogens is 394 g/mol. The molecule has 1 aliphatic heterocycles. The Morgan fingerprint density at radius 3 is 2.72 bits per heavy atom. The number of aromatic nitrogens is 1. The minimum absolute atomic E-state index is 0.181. The monoisotopic (exact) mass is 417 g/mol. The van der Waals surface area contributed by atoms with Crippen LogP contribution in [-0.4, -0.2) is 51.9 Å². The molecule has 0 atom stereocenters. The highest BCUT2D eigenvalue weighted by molar-refractivity contribution is 7.93. The molecule has 1 aromatic heterocycles. The van der Waals surface area contributed by atoms with E-state index in [-0.39, 0.29) is 11.7 Å². The Morgan fingerprint density at radius 2 is 2.03 bits per heavy atom. The Hall–Kier alpha value is -2.91. The van der Waals surface area contributed by atoms with Crippen molar-refractivity contribution < 1.29 is 22.7 Å². The molecule has 1 saturated heterocycles. The van der Waals surface area contributed by atoms with Crippen LogP contribution in [0.2, 0.25) is 0 Å². The molecule has 154 valence electrons. The first-order chi connectivity index (χ1) is 14.0. The maximum absolute atomic E-state index is 12.2. The number of carbonyl (C=O) groups excluding carboxylic acids is 1. The van der Waals surface area contributed by atoms with Crippen LogP contribution in [-0.2, 0) is 19.6 Å². The average Bonchev–Trinajstić information content (AvgIpc) is 3.07. The lowest BCUT2D eigenvalue weighted by molar-refractivity contribution is -0.111. The molecule has 2 aromatic rings. The van der Waals surface area contributed by atoms with E-state index in [1.165, 1.54) is 10.4 Å². The highest BCUT2D eigenvalue weighted by Crippen LogP contribution is 2.24. The highest BCUT2D eigenvalue weighted by Gasteiger charge is 2.28. The standard InChI is InChI=1S/C20H23N3O5S/c1-27-13-14-28-20-18(4-2-11-21-20)22-19(24)10-7-16-5-8-17(9-6-16)23-12-3-15-29(23,25)26/h2,4-11H,3,12-15H2,1H3,(H,22,24)/b10-7+. The summed E-state index contributed by atoms with van der Waals surface area (Å²) in [5.74, 6) is 0.170. The molecule has 29 heavy (non-hydrogen) atoms. The Morgan fingerprint density at radius 1 is 1.24 bits per heavy atom. The topological polar surface area (TPSA) is 97.8 Å². The van der Waals surface area contributed by atoms with Crippen LogP contribution >= 0.6 is 0 Å². The molecule has 0 bridgehead atoms. The lowest BCUT2D eigenvalue weighted by Crippen LogP contribution is -2.24. The van der Waals surface area contributed by atoms with Gasteiger partial charge in [-0.3, -0.25) is 9.10 Å². The van der Waals surface area contributed by atoms with Crippen LogP contribution in [0.15, 0.2) is 48.7 Å². The maximum Gasteiger partial charge on any atom is 0.248 e. The molecule has 3 rings (SSSR count). The van der Waals surface area contributed by atoms with Crippen molar-refractivity contribution in [3.05, 3.63) is 54.2 Å². The van der Waals surface area contributed by atoms with Gasteiger partial charge in [-0.2, -0.15) is 0 Å². The first-order valence-corrected chi connectivity index (χ1v) is 10.8. The van der Waals surface area contributed by atoms with E-state index < -0.39 is 10.0 Å². The summed E-state index contributed by atoms with van der Waals surface area (Å²) in [6.45, 7) is 1.24. The van der Waals surface area contributed by atoms with Gasteiger partial charge in [-0.1, -0.05) is 12.1 Å². The molecule has 1 fully saturated rings. The molecule has 9 heteroatoms. The van der Waals surface area contributed by atoms with Gasteiger partial charge in [-0.25, -0.2) is 13.4 Å². The summed E-state index contributed by atoms with van der Waals surface area (Å²) in [6, 6.07) is 10.4. The van der Waals surface area contributed by atoms with Crippen LogP contribution in [0.3, 0.4) is 0 Å². The number of methoxy groups -OCH3 is 1. The molecule has 1 aromatic carbocycles. The summed E-state index contributed by atoms with van der Waals surface area (Å²) in [6.07, 6.45) is 5.26.